The van der Waals surface area contributed by atoms with Gasteiger partial charge >= 0.3 is 0 Å². The van der Waals surface area contributed by atoms with Crippen LogP contribution >= 0.6 is 0 Å². The largest absolute Gasteiger partial charge is 0.420 e. The van der Waals surface area contributed by atoms with Crippen LogP contribution in [-0.4, -0.2) is 78.2 Å². The third-order valence-corrected chi connectivity index (χ3v) is 6.00. The Kier molecular flexibility index (Phi) is 16.9. The van der Waals surface area contributed by atoms with E-state index < -0.39 is 9.76 Å². The van der Waals surface area contributed by atoms with Crippen molar-refractivity contribution in [1.82, 2.24) is 15.1 Å². The first-order chi connectivity index (χ1) is 11.2. The first kappa shape index (κ1) is 23.1. The molecule has 0 aliphatic carbocycles. The molecule has 0 saturated carbocycles. The Bertz CT molecular complexity index is 240. The minimum atomic E-state index is -0.410. The van der Waals surface area contributed by atoms with E-state index in [1.165, 1.54) is 45.1 Å². The summed E-state index contributed by atoms with van der Waals surface area (Å²) in [6, 6.07) is 0. The minimum Gasteiger partial charge on any atom is -0.420 e. The van der Waals surface area contributed by atoms with Gasteiger partial charge < -0.3 is 19.5 Å². The molecule has 0 spiro atoms. The molecule has 1 N–H and O–H groups in total. The van der Waals surface area contributed by atoms with E-state index in [0.29, 0.717) is 6.10 Å². The fraction of sp³-hybridized carbons (Fsp3) is 1.00. The Labute approximate surface area is 148 Å². The van der Waals surface area contributed by atoms with Gasteiger partial charge in [0.05, 0.1) is 0 Å². The number of nitrogens with zero attached hydrogens (tertiary/aromatic N) is 2. The van der Waals surface area contributed by atoms with Crippen LogP contribution in [0.2, 0.25) is 0 Å². The van der Waals surface area contributed by atoms with Gasteiger partial charge in [-0.25, -0.2) is 0 Å². The van der Waals surface area contributed by atoms with Crippen LogP contribution in [0, 0.1) is 0 Å². The summed E-state index contributed by atoms with van der Waals surface area (Å²) in [7, 11) is 1.80. The van der Waals surface area contributed by atoms with E-state index in [1.54, 1.807) is 0 Å². The van der Waals surface area contributed by atoms with Crippen LogP contribution in [0.4, 0.5) is 0 Å². The number of rotatable bonds is 17. The summed E-state index contributed by atoms with van der Waals surface area (Å²) >= 11 is 0. The normalized spacial score (nSPS) is 12.5. The first-order valence-corrected chi connectivity index (χ1v) is 11.5. The zero-order chi connectivity index (χ0) is 17.3. The SMILES string of the molecule is CCCNCCCN(CCCN(C)CC)C[SiH2]OC(CC)CC. The third kappa shape index (κ3) is 14.1. The molecule has 0 unspecified atom stereocenters. The summed E-state index contributed by atoms with van der Waals surface area (Å²) < 4.78 is 6.14. The van der Waals surface area contributed by atoms with Crippen molar-refractivity contribution in [3.8, 4) is 0 Å². The van der Waals surface area contributed by atoms with Gasteiger partial charge in [-0.1, -0.05) is 27.7 Å². The van der Waals surface area contributed by atoms with Gasteiger partial charge in [-0.2, -0.15) is 0 Å². The van der Waals surface area contributed by atoms with Crippen LogP contribution in [0.5, 0.6) is 0 Å². The Balaban J connectivity index is 3.99. The van der Waals surface area contributed by atoms with Crippen molar-refractivity contribution in [2.24, 2.45) is 0 Å². The number of hydrogen-bond donors (Lipinski definition) is 1. The van der Waals surface area contributed by atoms with Crippen LogP contribution in [0.3, 0.4) is 0 Å². The molecular formula is C18H43N3OSi. The highest BCUT2D eigenvalue weighted by molar-refractivity contribution is 6.27. The maximum atomic E-state index is 6.14. The highest BCUT2D eigenvalue weighted by Gasteiger charge is 2.08. The molecule has 140 valence electrons. The van der Waals surface area contributed by atoms with E-state index in [1.807, 2.05) is 0 Å². The van der Waals surface area contributed by atoms with E-state index in [0.717, 1.165) is 32.5 Å². The Morgan fingerprint density at radius 2 is 1.65 bits per heavy atom. The summed E-state index contributed by atoms with van der Waals surface area (Å²) in [5, 5.41) is 3.51. The summed E-state index contributed by atoms with van der Waals surface area (Å²) in [6.45, 7) is 16.0. The second kappa shape index (κ2) is 16.9. The maximum absolute atomic E-state index is 6.14. The van der Waals surface area contributed by atoms with Crippen LogP contribution < -0.4 is 5.32 Å². The van der Waals surface area contributed by atoms with E-state index in [-0.39, 0.29) is 0 Å². The molecule has 0 aromatic heterocycles. The quantitative estimate of drug-likeness (QED) is 0.323. The lowest BCUT2D eigenvalue weighted by atomic mass is 10.2. The van der Waals surface area contributed by atoms with Gasteiger partial charge in [0.2, 0.25) is 0 Å². The van der Waals surface area contributed by atoms with Gasteiger partial charge in [0.15, 0.2) is 9.76 Å². The molecular weight excluding hydrogens is 302 g/mol. The zero-order valence-electron chi connectivity index (χ0n) is 16.6. The molecule has 0 aliphatic heterocycles. The molecule has 0 fully saturated rings. The molecule has 0 radical (unpaired) electrons. The fourth-order valence-electron chi connectivity index (χ4n) is 2.66. The average Bonchev–Trinajstić information content (AvgIpc) is 2.57. The summed E-state index contributed by atoms with van der Waals surface area (Å²) in [5.41, 5.74) is 0. The van der Waals surface area contributed by atoms with Gasteiger partial charge in [-0.15, -0.1) is 0 Å². The molecule has 4 nitrogen and oxygen atoms in total. The standard InChI is InChI=1S/C18H43N3OSi/c1-6-12-19-13-10-15-21(16-11-14-20(5)9-4)17-23-22-18(7-2)8-3/h18-19H,6-17,23H2,1-5H3. The smallest absolute Gasteiger partial charge is 0.175 e. The van der Waals surface area contributed by atoms with Crippen molar-refractivity contribution in [2.75, 3.05) is 52.5 Å². The molecule has 5 heteroatoms. The van der Waals surface area contributed by atoms with E-state index >= 15 is 0 Å². The lowest BCUT2D eigenvalue weighted by molar-refractivity contribution is 0.190. The first-order valence-electron chi connectivity index (χ1n) is 9.90. The van der Waals surface area contributed by atoms with E-state index in [2.05, 4.69) is 49.9 Å². The van der Waals surface area contributed by atoms with Gasteiger partial charge in [-0.3, -0.25) is 0 Å². The van der Waals surface area contributed by atoms with Crippen molar-refractivity contribution >= 4 is 9.76 Å². The average molecular weight is 346 g/mol. The Hall–Kier alpha value is 0.0569. The van der Waals surface area contributed by atoms with Gasteiger partial charge in [0, 0.05) is 12.3 Å². The monoisotopic (exact) mass is 345 g/mol. The summed E-state index contributed by atoms with van der Waals surface area (Å²) in [6.07, 6.45) is 7.77. The Morgan fingerprint density at radius 1 is 0.957 bits per heavy atom. The highest BCUT2D eigenvalue weighted by atomic mass is 28.2. The van der Waals surface area contributed by atoms with Crippen molar-refractivity contribution in [2.45, 2.75) is 65.9 Å². The molecule has 0 aliphatic rings. The van der Waals surface area contributed by atoms with E-state index in [4.69, 9.17) is 4.43 Å². The zero-order valence-corrected chi connectivity index (χ0v) is 18.0. The molecule has 0 aromatic carbocycles. The van der Waals surface area contributed by atoms with Gasteiger partial charge in [0.25, 0.3) is 0 Å². The molecule has 23 heavy (non-hydrogen) atoms. The van der Waals surface area contributed by atoms with Crippen LogP contribution in [-0.2, 0) is 4.43 Å². The topological polar surface area (TPSA) is 27.7 Å². The predicted molar refractivity (Wildman–Crippen MR) is 106 cm³/mol. The van der Waals surface area contributed by atoms with Gasteiger partial charge in [-0.05, 0) is 78.4 Å². The summed E-state index contributed by atoms with van der Waals surface area (Å²) in [5.74, 6) is 0. The molecule has 0 amide bonds. The minimum absolute atomic E-state index is 0.410. The maximum Gasteiger partial charge on any atom is 0.175 e. The van der Waals surface area contributed by atoms with Crippen LogP contribution in [0.15, 0.2) is 0 Å². The molecule has 0 saturated heterocycles. The van der Waals surface area contributed by atoms with Crippen molar-refractivity contribution in [1.29, 1.82) is 0 Å². The molecule has 0 atom stereocenters. The molecule has 0 rings (SSSR count). The van der Waals surface area contributed by atoms with Crippen LogP contribution in [0.25, 0.3) is 0 Å². The molecule has 0 aromatic rings. The number of hydrogen-bond acceptors (Lipinski definition) is 4. The van der Waals surface area contributed by atoms with Gasteiger partial charge in [0.1, 0.15) is 0 Å². The second-order valence-corrected chi connectivity index (χ2v) is 7.69. The third-order valence-electron chi connectivity index (χ3n) is 4.48. The lowest BCUT2D eigenvalue weighted by Gasteiger charge is -2.24. The van der Waals surface area contributed by atoms with Crippen molar-refractivity contribution < 1.29 is 4.43 Å². The second-order valence-electron chi connectivity index (χ2n) is 6.50. The van der Waals surface area contributed by atoms with E-state index in [9.17, 15) is 0 Å². The van der Waals surface area contributed by atoms with Crippen molar-refractivity contribution in [3.05, 3.63) is 0 Å². The van der Waals surface area contributed by atoms with Crippen LogP contribution in [0.1, 0.15) is 59.8 Å². The molecule has 0 heterocycles. The lowest BCUT2D eigenvalue weighted by Crippen LogP contribution is -2.35. The summed E-state index contributed by atoms with van der Waals surface area (Å²) in [4.78, 5) is 5.05. The Morgan fingerprint density at radius 3 is 2.26 bits per heavy atom. The fourth-order valence-corrected chi connectivity index (χ4v) is 4.28. The highest BCUT2D eigenvalue weighted by Crippen LogP contribution is 2.02. The molecule has 0 bridgehead atoms. The van der Waals surface area contributed by atoms with Crippen molar-refractivity contribution in [3.63, 3.8) is 0 Å². The predicted octanol–water partition coefficient (Wildman–Crippen LogP) is 2.27. The number of nitrogens with one attached hydrogen (secondary N) is 1.